The Labute approximate surface area is 173 Å². The van der Waals surface area contributed by atoms with Gasteiger partial charge in [0.15, 0.2) is 0 Å². The first-order valence-electron chi connectivity index (χ1n) is 10.0. The van der Waals surface area contributed by atoms with Crippen LogP contribution in [0.4, 0.5) is 11.4 Å². The number of hydrogen-bond donors (Lipinski definition) is 2. The molecule has 0 heterocycles. The van der Waals surface area contributed by atoms with Gasteiger partial charge in [0.2, 0.25) is 5.91 Å². The van der Waals surface area contributed by atoms with Crippen LogP contribution in [0.25, 0.3) is 0 Å². The fraction of sp³-hybridized carbons (Fsp3) is 0.409. The smallest absolute Gasteiger partial charge is 0.261 e. The standard InChI is InChI=1S/C22H29N3O3S/c1-17(26)23-19-12-14-21(15-13-19)29(27,28)24-22-11-7-6-8-18(22)16-25(2)20-9-4-3-5-10-20/h6-8,11-15,20,24H,3-5,9-10,16H2,1-2H3,(H,23,26). The molecule has 0 radical (unpaired) electrons. The van der Waals surface area contributed by atoms with Crippen LogP contribution >= 0.6 is 0 Å². The lowest BCUT2D eigenvalue weighted by atomic mass is 9.94. The molecule has 1 amide bonds. The van der Waals surface area contributed by atoms with Gasteiger partial charge in [-0.1, -0.05) is 37.5 Å². The summed E-state index contributed by atoms with van der Waals surface area (Å²) in [6.45, 7) is 2.11. The number of amides is 1. The van der Waals surface area contributed by atoms with Crippen molar-refractivity contribution >= 4 is 27.3 Å². The predicted molar refractivity (Wildman–Crippen MR) is 116 cm³/mol. The van der Waals surface area contributed by atoms with Gasteiger partial charge in [-0.25, -0.2) is 8.42 Å². The Morgan fingerprint density at radius 1 is 1.03 bits per heavy atom. The molecular weight excluding hydrogens is 386 g/mol. The van der Waals surface area contributed by atoms with Crippen LogP contribution in [0.2, 0.25) is 0 Å². The molecular formula is C22H29N3O3S. The predicted octanol–water partition coefficient (Wildman–Crippen LogP) is 4.21. The molecule has 1 aliphatic rings. The molecule has 2 aromatic rings. The molecule has 2 N–H and O–H groups in total. The number of sulfonamides is 1. The molecule has 1 fully saturated rings. The number of carbonyl (C=O) groups is 1. The summed E-state index contributed by atoms with van der Waals surface area (Å²) in [5.74, 6) is -0.199. The van der Waals surface area contributed by atoms with E-state index < -0.39 is 10.0 Å². The van der Waals surface area contributed by atoms with Gasteiger partial charge in [-0.15, -0.1) is 0 Å². The molecule has 3 rings (SSSR count). The van der Waals surface area contributed by atoms with Gasteiger partial charge >= 0.3 is 0 Å². The minimum atomic E-state index is -3.72. The fourth-order valence-corrected chi connectivity index (χ4v) is 4.90. The van der Waals surface area contributed by atoms with Crippen molar-refractivity contribution in [3.63, 3.8) is 0 Å². The largest absolute Gasteiger partial charge is 0.326 e. The first-order valence-corrected chi connectivity index (χ1v) is 11.5. The van der Waals surface area contributed by atoms with Crippen LogP contribution < -0.4 is 10.0 Å². The van der Waals surface area contributed by atoms with E-state index in [4.69, 9.17) is 0 Å². The summed E-state index contributed by atoms with van der Waals surface area (Å²) in [6, 6.07) is 14.2. The summed E-state index contributed by atoms with van der Waals surface area (Å²) in [5.41, 5.74) is 2.12. The lowest BCUT2D eigenvalue weighted by molar-refractivity contribution is -0.114. The number of rotatable bonds is 7. The second kappa shape index (κ2) is 9.41. The molecule has 156 valence electrons. The average molecular weight is 416 g/mol. The highest BCUT2D eigenvalue weighted by molar-refractivity contribution is 7.92. The first kappa shape index (κ1) is 21.3. The van der Waals surface area contributed by atoms with Gasteiger partial charge in [-0.2, -0.15) is 0 Å². The van der Waals surface area contributed by atoms with E-state index in [0.29, 0.717) is 24.0 Å². The Bertz CT molecular complexity index is 936. The van der Waals surface area contributed by atoms with Crippen molar-refractivity contribution in [3.8, 4) is 0 Å². The van der Waals surface area contributed by atoms with Crippen molar-refractivity contribution in [3.05, 3.63) is 54.1 Å². The van der Waals surface area contributed by atoms with E-state index in [1.54, 1.807) is 18.2 Å². The van der Waals surface area contributed by atoms with E-state index in [2.05, 4.69) is 22.0 Å². The molecule has 7 heteroatoms. The minimum Gasteiger partial charge on any atom is -0.326 e. The van der Waals surface area contributed by atoms with Gasteiger partial charge in [0.25, 0.3) is 10.0 Å². The average Bonchev–Trinajstić information content (AvgIpc) is 2.70. The van der Waals surface area contributed by atoms with Crippen molar-refractivity contribution in [2.24, 2.45) is 0 Å². The summed E-state index contributed by atoms with van der Waals surface area (Å²) < 4.78 is 28.5. The molecule has 0 spiro atoms. The fourth-order valence-electron chi connectivity index (χ4n) is 3.80. The Morgan fingerprint density at radius 3 is 2.34 bits per heavy atom. The highest BCUT2D eigenvalue weighted by atomic mass is 32.2. The van der Waals surface area contributed by atoms with Crippen molar-refractivity contribution in [1.82, 2.24) is 4.90 Å². The number of hydrogen-bond acceptors (Lipinski definition) is 4. The van der Waals surface area contributed by atoms with E-state index in [1.807, 2.05) is 18.2 Å². The summed E-state index contributed by atoms with van der Waals surface area (Å²) in [6.07, 6.45) is 6.23. The maximum absolute atomic E-state index is 12.9. The third kappa shape index (κ3) is 5.81. The van der Waals surface area contributed by atoms with Crippen LogP contribution in [0.1, 0.15) is 44.6 Å². The highest BCUT2D eigenvalue weighted by Crippen LogP contribution is 2.26. The number of benzene rings is 2. The summed E-state index contributed by atoms with van der Waals surface area (Å²) in [4.78, 5) is 13.6. The number of para-hydroxylation sites is 1. The number of carbonyl (C=O) groups excluding carboxylic acids is 1. The zero-order chi connectivity index (χ0) is 20.9. The molecule has 0 atom stereocenters. The Morgan fingerprint density at radius 2 is 1.69 bits per heavy atom. The molecule has 6 nitrogen and oxygen atoms in total. The van der Waals surface area contributed by atoms with Gasteiger partial charge in [0, 0.05) is 25.2 Å². The molecule has 0 saturated heterocycles. The van der Waals surface area contributed by atoms with Crippen LogP contribution in [-0.4, -0.2) is 32.3 Å². The molecule has 0 unspecified atom stereocenters. The van der Waals surface area contributed by atoms with Crippen LogP contribution in [0.15, 0.2) is 53.4 Å². The monoisotopic (exact) mass is 415 g/mol. The van der Waals surface area contributed by atoms with Crippen molar-refractivity contribution in [2.45, 2.75) is 56.5 Å². The van der Waals surface area contributed by atoms with Crippen molar-refractivity contribution in [2.75, 3.05) is 17.1 Å². The molecule has 2 aromatic carbocycles. The molecule has 1 saturated carbocycles. The first-order chi connectivity index (χ1) is 13.8. The second-order valence-corrected chi connectivity index (χ2v) is 9.36. The normalized spacial score (nSPS) is 15.3. The van der Waals surface area contributed by atoms with Gasteiger partial charge < -0.3 is 5.32 Å². The van der Waals surface area contributed by atoms with Crippen LogP contribution in [0.3, 0.4) is 0 Å². The maximum atomic E-state index is 12.9. The molecule has 0 bridgehead atoms. The molecule has 0 aromatic heterocycles. The zero-order valence-electron chi connectivity index (χ0n) is 17.0. The lowest BCUT2D eigenvalue weighted by Gasteiger charge is -2.31. The maximum Gasteiger partial charge on any atom is 0.261 e. The van der Waals surface area contributed by atoms with E-state index >= 15 is 0 Å². The Kier molecular flexibility index (Phi) is 6.92. The SMILES string of the molecule is CC(=O)Nc1ccc(S(=O)(=O)Nc2ccccc2CN(C)C2CCCCC2)cc1. The van der Waals surface area contributed by atoms with Gasteiger partial charge in [-0.3, -0.25) is 14.4 Å². The second-order valence-electron chi connectivity index (χ2n) is 7.68. The highest BCUT2D eigenvalue weighted by Gasteiger charge is 2.20. The summed E-state index contributed by atoms with van der Waals surface area (Å²) in [7, 11) is -1.61. The summed E-state index contributed by atoms with van der Waals surface area (Å²) in [5, 5.41) is 2.64. The molecule has 29 heavy (non-hydrogen) atoms. The van der Waals surface area contributed by atoms with Crippen LogP contribution in [-0.2, 0) is 21.4 Å². The number of nitrogens with one attached hydrogen (secondary N) is 2. The van der Waals surface area contributed by atoms with Gasteiger partial charge in [-0.05, 0) is 55.8 Å². The van der Waals surface area contributed by atoms with Gasteiger partial charge in [0.1, 0.15) is 0 Å². The third-order valence-corrected chi connectivity index (χ3v) is 6.75. The van der Waals surface area contributed by atoms with Gasteiger partial charge in [0.05, 0.1) is 10.6 Å². The number of nitrogens with zero attached hydrogens (tertiary/aromatic N) is 1. The Balaban J connectivity index is 1.74. The van der Waals surface area contributed by atoms with Crippen molar-refractivity contribution in [1.29, 1.82) is 0 Å². The third-order valence-electron chi connectivity index (χ3n) is 5.36. The Hall–Kier alpha value is -2.38. The van der Waals surface area contributed by atoms with E-state index in [0.717, 1.165) is 5.56 Å². The minimum absolute atomic E-state index is 0.155. The quantitative estimate of drug-likeness (QED) is 0.710. The molecule has 0 aliphatic heterocycles. The van der Waals surface area contributed by atoms with Crippen LogP contribution in [0, 0.1) is 0 Å². The van der Waals surface area contributed by atoms with Crippen LogP contribution in [0.5, 0.6) is 0 Å². The topological polar surface area (TPSA) is 78.5 Å². The molecule has 1 aliphatic carbocycles. The zero-order valence-corrected chi connectivity index (χ0v) is 17.8. The van der Waals surface area contributed by atoms with E-state index in [9.17, 15) is 13.2 Å². The lowest BCUT2D eigenvalue weighted by Crippen LogP contribution is -2.33. The number of anilines is 2. The van der Waals surface area contributed by atoms with E-state index in [1.165, 1.54) is 51.2 Å². The van der Waals surface area contributed by atoms with Crippen molar-refractivity contribution < 1.29 is 13.2 Å². The summed E-state index contributed by atoms with van der Waals surface area (Å²) >= 11 is 0. The van der Waals surface area contributed by atoms with E-state index in [-0.39, 0.29) is 10.8 Å².